The first-order chi connectivity index (χ1) is 13.0. The number of esters is 1. The number of hydrogen-bond donors (Lipinski definition) is 1. The number of nitrogens with one attached hydrogen (secondary N) is 1. The molecule has 2 aromatic rings. The van der Waals surface area contributed by atoms with Gasteiger partial charge in [-0.05, 0) is 33.6 Å². The SMILES string of the molecule is O=C(CNC(=O)C1CC(=O)N(c2ccccc2Br)C1)OCc1ccccc1. The van der Waals surface area contributed by atoms with Gasteiger partial charge < -0.3 is 15.0 Å². The summed E-state index contributed by atoms with van der Waals surface area (Å²) in [5.74, 6) is -1.45. The van der Waals surface area contributed by atoms with Crippen LogP contribution in [0, 0.1) is 5.92 Å². The van der Waals surface area contributed by atoms with E-state index < -0.39 is 11.9 Å². The van der Waals surface area contributed by atoms with Gasteiger partial charge >= 0.3 is 5.97 Å². The molecule has 1 aliphatic rings. The molecule has 0 aliphatic carbocycles. The zero-order valence-corrected chi connectivity index (χ0v) is 16.1. The van der Waals surface area contributed by atoms with Crippen LogP contribution in [-0.4, -0.2) is 30.9 Å². The number of halogens is 1. The number of hydrogen-bond acceptors (Lipinski definition) is 4. The topological polar surface area (TPSA) is 75.7 Å². The van der Waals surface area contributed by atoms with Crippen LogP contribution in [0.4, 0.5) is 5.69 Å². The molecular weight excluding hydrogens is 412 g/mol. The monoisotopic (exact) mass is 430 g/mol. The minimum atomic E-state index is -0.515. The Bertz CT molecular complexity index is 841. The number of benzene rings is 2. The van der Waals surface area contributed by atoms with Crippen LogP contribution < -0.4 is 10.2 Å². The molecule has 1 atom stereocenters. The molecule has 7 heteroatoms. The van der Waals surface area contributed by atoms with Crippen molar-refractivity contribution in [3.05, 3.63) is 64.6 Å². The lowest BCUT2D eigenvalue weighted by molar-refractivity contribution is -0.145. The quantitative estimate of drug-likeness (QED) is 0.714. The lowest BCUT2D eigenvalue weighted by Crippen LogP contribution is -2.36. The van der Waals surface area contributed by atoms with Crippen molar-refractivity contribution in [1.82, 2.24) is 5.32 Å². The second kappa shape index (κ2) is 8.81. The lowest BCUT2D eigenvalue weighted by Gasteiger charge is -2.18. The van der Waals surface area contributed by atoms with Crippen molar-refractivity contribution in [2.45, 2.75) is 13.0 Å². The van der Waals surface area contributed by atoms with Gasteiger partial charge in [0, 0.05) is 17.4 Å². The fourth-order valence-corrected chi connectivity index (χ4v) is 3.38. The van der Waals surface area contributed by atoms with E-state index in [1.165, 1.54) is 0 Å². The average Bonchev–Trinajstić information content (AvgIpc) is 3.07. The Kier molecular flexibility index (Phi) is 6.24. The summed E-state index contributed by atoms with van der Waals surface area (Å²) in [5, 5.41) is 2.56. The Morgan fingerprint density at radius 3 is 2.56 bits per heavy atom. The summed E-state index contributed by atoms with van der Waals surface area (Å²) in [6.45, 7) is 0.227. The van der Waals surface area contributed by atoms with Gasteiger partial charge in [-0.25, -0.2) is 0 Å². The first-order valence-electron chi connectivity index (χ1n) is 8.57. The summed E-state index contributed by atoms with van der Waals surface area (Å²) < 4.78 is 5.93. The second-order valence-corrected chi connectivity index (χ2v) is 7.08. The molecule has 2 aromatic carbocycles. The third-order valence-electron chi connectivity index (χ3n) is 4.29. The molecule has 1 N–H and O–H groups in total. The maximum atomic E-state index is 12.3. The largest absolute Gasteiger partial charge is 0.460 e. The van der Waals surface area contributed by atoms with Gasteiger partial charge in [-0.3, -0.25) is 14.4 Å². The standard InChI is InChI=1S/C20H19BrN2O4/c21-16-8-4-5-9-17(16)23-12-15(10-18(23)24)20(26)22-11-19(25)27-13-14-6-2-1-3-7-14/h1-9,15H,10-13H2,(H,22,26). The van der Waals surface area contributed by atoms with Crippen LogP contribution in [0.5, 0.6) is 0 Å². The van der Waals surface area contributed by atoms with Gasteiger partial charge in [0.1, 0.15) is 13.2 Å². The lowest BCUT2D eigenvalue weighted by atomic mass is 10.1. The molecule has 1 fully saturated rings. The molecule has 1 heterocycles. The van der Waals surface area contributed by atoms with Crippen molar-refractivity contribution >= 4 is 39.4 Å². The van der Waals surface area contributed by atoms with Crippen LogP contribution in [0.3, 0.4) is 0 Å². The van der Waals surface area contributed by atoms with Gasteiger partial charge in [0.25, 0.3) is 0 Å². The smallest absolute Gasteiger partial charge is 0.325 e. The van der Waals surface area contributed by atoms with E-state index in [1.54, 1.807) is 4.90 Å². The Hall–Kier alpha value is -2.67. The van der Waals surface area contributed by atoms with E-state index in [-0.39, 0.29) is 37.9 Å². The molecule has 0 saturated carbocycles. The van der Waals surface area contributed by atoms with Gasteiger partial charge in [0.15, 0.2) is 0 Å². The molecule has 0 radical (unpaired) electrons. The Morgan fingerprint density at radius 1 is 1.11 bits per heavy atom. The Labute approximate surface area is 165 Å². The third kappa shape index (κ3) is 4.95. The van der Waals surface area contributed by atoms with Crippen molar-refractivity contribution in [3.8, 4) is 0 Å². The fourth-order valence-electron chi connectivity index (χ4n) is 2.88. The number of amides is 2. The van der Waals surface area contributed by atoms with Crippen LogP contribution in [0.1, 0.15) is 12.0 Å². The Morgan fingerprint density at radius 2 is 1.81 bits per heavy atom. The maximum Gasteiger partial charge on any atom is 0.325 e. The molecule has 1 aliphatic heterocycles. The maximum absolute atomic E-state index is 12.3. The predicted octanol–water partition coefficient (Wildman–Crippen LogP) is 2.66. The molecule has 3 rings (SSSR count). The molecule has 27 heavy (non-hydrogen) atoms. The molecule has 2 amide bonds. The molecular formula is C20H19BrN2O4. The molecule has 1 saturated heterocycles. The highest BCUT2D eigenvalue weighted by Crippen LogP contribution is 2.31. The van der Waals surface area contributed by atoms with E-state index in [0.29, 0.717) is 0 Å². The first-order valence-corrected chi connectivity index (χ1v) is 9.36. The van der Waals surface area contributed by atoms with Crippen LogP contribution in [-0.2, 0) is 25.7 Å². The number of para-hydroxylation sites is 1. The molecule has 0 aromatic heterocycles. The van der Waals surface area contributed by atoms with Crippen molar-refractivity contribution in [2.75, 3.05) is 18.0 Å². The summed E-state index contributed by atoms with van der Waals surface area (Å²) in [5.41, 5.74) is 1.61. The van der Waals surface area contributed by atoms with Crippen molar-refractivity contribution < 1.29 is 19.1 Å². The van der Waals surface area contributed by atoms with Gasteiger partial charge in [-0.15, -0.1) is 0 Å². The normalized spacial score (nSPS) is 16.3. The van der Waals surface area contributed by atoms with E-state index in [2.05, 4.69) is 21.2 Å². The summed E-state index contributed by atoms with van der Waals surface area (Å²) >= 11 is 3.42. The van der Waals surface area contributed by atoms with Gasteiger partial charge in [-0.1, -0.05) is 42.5 Å². The molecule has 0 bridgehead atoms. The van der Waals surface area contributed by atoms with E-state index in [0.717, 1.165) is 15.7 Å². The van der Waals surface area contributed by atoms with E-state index in [9.17, 15) is 14.4 Å². The van der Waals surface area contributed by atoms with Crippen LogP contribution >= 0.6 is 15.9 Å². The highest BCUT2D eigenvalue weighted by molar-refractivity contribution is 9.10. The summed E-state index contributed by atoms with van der Waals surface area (Å²) in [7, 11) is 0. The number of carbonyl (C=O) groups excluding carboxylic acids is 3. The fraction of sp³-hybridized carbons (Fsp3) is 0.250. The predicted molar refractivity (Wildman–Crippen MR) is 104 cm³/mol. The summed E-state index contributed by atoms with van der Waals surface area (Å²) in [4.78, 5) is 38.0. The van der Waals surface area contributed by atoms with Crippen molar-refractivity contribution in [1.29, 1.82) is 0 Å². The molecule has 1 unspecified atom stereocenters. The van der Waals surface area contributed by atoms with Gasteiger partial charge in [-0.2, -0.15) is 0 Å². The molecule has 6 nitrogen and oxygen atoms in total. The zero-order chi connectivity index (χ0) is 19.2. The van der Waals surface area contributed by atoms with E-state index >= 15 is 0 Å². The van der Waals surface area contributed by atoms with Gasteiger partial charge in [0.05, 0.1) is 11.6 Å². The number of anilines is 1. The Balaban J connectivity index is 1.48. The number of rotatable bonds is 6. The minimum Gasteiger partial charge on any atom is -0.460 e. The van der Waals surface area contributed by atoms with Crippen LogP contribution in [0.15, 0.2) is 59.1 Å². The molecule has 0 spiro atoms. The van der Waals surface area contributed by atoms with E-state index in [1.807, 2.05) is 54.6 Å². The van der Waals surface area contributed by atoms with Crippen molar-refractivity contribution in [3.63, 3.8) is 0 Å². The number of nitrogens with zero attached hydrogens (tertiary/aromatic N) is 1. The summed E-state index contributed by atoms with van der Waals surface area (Å²) in [6.07, 6.45) is 0.117. The highest BCUT2D eigenvalue weighted by Gasteiger charge is 2.35. The second-order valence-electron chi connectivity index (χ2n) is 6.22. The van der Waals surface area contributed by atoms with Crippen LogP contribution in [0.2, 0.25) is 0 Å². The average molecular weight is 431 g/mol. The first kappa shape index (κ1) is 19.1. The third-order valence-corrected chi connectivity index (χ3v) is 4.96. The van der Waals surface area contributed by atoms with Crippen molar-refractivity contribution in [2.24, 2.45) is 5.92 Å². The summed E-state index contributed by atoms with van der Waals surface area (Å²) in [6, 6.07) is 16.7. The van der Waals surface area contributed by atoms with E-state index in [4.69, 9.17) is 4.74 Å². The number of carbonyl (C=O) groups is 3. The zero-order valence-electron chi connectivity index (χ0n) is 14.6. The minimum absolute atomic E-state index is 0.117. The van der Waals surface area contributed by atoms with Crippen LogP contribution in [0.25, 0.3) is 0 Å². The van der Waals surface area contributed by atoms with Gasteiger partial charge in [0.2, 0.25) is 11.8 Å². The highest BCUT2D eigenvalue weighted by atomic mass is 79.9. The number of ether oxygens (including phenoxy) is 1. The molecule has 140 valence electrons.